The van der Waals surface area contributed by atoms with Gasteiger partial charge in [0, 0.05) is 6.20 Å². The standard InChI is InChI=1S/C18H18FN5OS/c1-12(26-17-4-2-3-9-21-17)18-22-16(10-15(20)25)23-24(18)11-13-5-7-14(19)8-6-13/h2-9,12H,10-11H2,1H3,(H2,20,25)/t12-/m0/s1. The minimum absolute atomic E-state index is 0.0234. The Kier molecular flexibility index (Phi) is 5.62. The zero-order chi connectivity index (χ0) is 18.5. The molecule has 0 aliphatic rings. The number of nitrogens with zero attached hydrogens (tertiary/aromatic N) is 4. The van der Waals surface area contributed by atoms with Crippen molar-refractivity contribution in [1.29, 1.82) is 0 Å². The van der Waals surface area contributed by atoms with E-state index in [2.05, 4.69) is 15.1 Å². The molecule has 134 valence electrons. The maximum Gasteiger partial charge on any atom is 0.225 e. The second-order valence-electron chi connectivity index (χ2n) is 5.74. The third-order valence-electron chi connectivity index (χ3n) is 3.62. The minimum atomic E-state index is -0.486. The van der Waals surface area contributed by atoms with Gasteiger partial charge in [0.2, 0.25) is 5.91 Å². The van der Waals surface area contributed by atoms with E-state index in [-0.39, 0.29) is 17.5 Å². The molecule has 0 aliphatic carbocycles. The second kappa shape index (κ2) is 8.09. The van der Waals surface area contributed by atoms with E-state index < -0.39 is 5.91 Å². The van der Waals surface area contributed by atoms with Gasteiger partial charge in [0.25, 0.3) is 0 Å². The van der Waals surface area contributed by atoms with Crippen LogP contribution < -0.4 is 5.73 Å². The quantitative estimate of drug-likeness (QED) is 0.645. The predicted octanol–water partition coefficient (Wildman–Crippen LogP) is 2.74. The van der Waals surface area contributed by atoms with Crippen molar-refractivity contribution in [1.82, 2.24) is 19.7 Å². The molecule has 3 aromatic rings. The van der Waals surface area contributed by atoms with Gasteiger partial charge in [-0.1, -0.05) is 30.0 Å². The van der Waals surface area contributed by atoms with Crippen molar-refractivity contribution >= 4 is 17.7 Å². The number of pyridine rings is 1. The zero-order valence-corrected chi connectivity index (χ0v) is 15.0. The van der Waals surface area contributed by atoms with Crippen molar-refractivity contribution in [2.24, 2.45) is 5.73 Å². The molecule has 0 aliphatic heterocycles. The highest BCUT2D eigenvalue weighted by molar-refractivity contribution is 7.99. The van der Waals surface area contributed by atoms with E-state index in [1.807, 2.05) is 25.1 Å². The minimum Gasteiger partial charge on any atom is -0.369 e. The molecule has 6 nitrogen and oxygen atoms in total. The lowest BCUT2D eigenvalue weighted by Crippen LogP contribution is -2.15. The van der Waals surface area contributed by atoms with Gasteiger partial charge in [0.1, 0.15) is 11.6 Å². The van der Waals surface area contributed by atoms with Crippen LogP contribution in [0, 0.1) is 5.82 Å². The first kappa shape index (κ1) is 18.1. The molecule has 0 radical (unpaired) electrons. The van der Waals surface area contributed by atoms with Crippen LogP contribution in [-0.4, -0.2) is 25.7 Å². The lowest BCUT2D eigenvalue weighted by Gasteiger charge is -2.12. The van der Waals surface area contributed by atoms with Gasteiger partial charge in [-0.15, -0.1) is 0 Å². The highest BCUT2D eigenvalue weighted by Crippen LogP contribution is 2.32. The highest BCUT2D eigenvalue weighted by atomic mass is 32.2. The molecule has 0 unspecified atom stereocenters. The summed E-state index contributed by atoms with van der Waals surface area (Å²) in [6.45, 7) is 2.42. The average molecular weight is 371 g/mol. The van der Waals surface area contributed by atoms with Gasteiger partial charge in [0.05, 0.1) is 23.2 Å². The van der Waals surface area contributed by atoms with Crippen LogP contribution in [0.15, 0.2) is 53.7 Å². The topological polar surface area (TPSA) is 86.7 Å². The number of carbonyl (C=O) groups excluding carboxylic acids is 1. The summed E-state index contributed by atoms with van der Waals surface area (Å²) < 4.78 is 14.9. The molecule has 26 heavy (non-hydrogen) atoms. The van der Waals surface area contributed by atoms with Crippen LogP contribution in [0.25, 0.3) is 0 Å². The monoisotopic (exact) mass is 371 g/mol. The summed E-state index contributed by atoms with van der Waals surface area (Å²) in [4.78, 5) is 20.0. The van der Waals surface area contributed by atoms with Gasteiger partial charge in [0.15, 0.2) is 5.82 Å². The Balaban J connectivity index is 1.87. The lowest BCUT2D eigenvalue weighted by atomic mass is 10.2. The Hall–Kier alpha value is -2.74. The lowest BCUT2D eigenvalue weighted by molar-refractivity contribution is -0.117. The summed E-state index contributed by atoms with van der Waals surface area (Å²) in [5.74, 6) is 0.311. The summed E-state index contributed by atoms with van der Waals surface area (Å²) in [5.41, 5.74) is 6.15. The maximum absolute atomic E-state index is 13.1. The fourth-order valence-corrected chi connectivity index (χ4v) is 3.38. The molecule has 0 spiro atoms. The molecule has 0 saturated heterocycles. The molecular weight excluding hydrogens is 353 g/mol. The number of hydrogen-bond acceptors (Lipinski definition) is 5. The Labute approximate surface area is 154 Å². The molecule has 0 bridgehead atoms. The molecular formula is C18H18FN5OS. The van der Waals surface area contributed by atoms with E-state index >= 15 is 0 Å². The van der Waals surface area contributed by atoms with E-state index in [4.69, 9.17) is 5.73 Å². The van der Waals surface area contributed by atoms with Gasteiger partial charge in [-0.3, -0.25) is 4.79 Å². The van der Waals surface area contributed by atoms with Crippen molar-refractivity contribution in [3.63, 3.8) is 0 Å². The fraction of sp³-hybridized carbons (Fsp3) is 0.222. The van der Waals surface area contributed by atoms with E-state index in [0.717, 1.165) is 10.6 Å². The van der Waals surface area contributed by atoms with Crippen LogP contribution >= 0.6 is 11.8 Å². The molecule has 8 heteroatoms. The Morgan fingerprint density at radius 2 is 2.04 bits per heavy atom. The maximum atomic E-state index is 13.1. The summed E-state index contributed by atoms with van der Waals surface area (Å²) in [6, 6.07) is 11.9. The zero-order valence-electron chi connectivity index (χ0n) is 14.2. The summed E-state index contributed by atoms with van der Waals surface area (Å²) in [6.07, 6.45) is 1.71. The number of nitrogens with two attached hydrogens (primary N) is 1. The van der Waals surface area contributed by atoms with Gasteiger partial charge in [-0.2, -0.15) is 5.10 Å². The van der Waals surface area contributed by atoms with Gasteiger partial charge in [-0.05, 0) is 36.8 Å². The molecule has 3 rings (SSSR count). The number of amides is 1. The van der Waals surface area contributed by atoms with Crippen LogP contribution in [0.4, 0.5) is 4.39 Å². The number of thioether (sulfide) groups is 1. The van der Waals surface area contributed by atoms with Gasteiger partial charge < -0.3 is 5.73 Å². The number of rotatable bonds is 7. The number of halogens is 1. The van der Waals surface area contributed by atoms with Crippen LogP contribution in [0.2, 0.25) is 0 Å². The third-order valence-corrected chi connectivity index (χ3v) is 4.67. The summed E-state index contributed by atoms with van der Waals surface area (Å²) >= 11 is 1.55. The SMILES string of the molecule is C[C@H](Sc1ccccn1)c1nc(CC(N)=O)nn1Cc1ccc(F)cc1. The second-order valence-corrected chi connectivity index (χ2v) is 7.10. The summed E-state index contributed by atoms with van der Waals surface area (Å²) in [5, 5.41) is 5.23. The van der Waals surface area contributed by atoms with Crippen LogP contribution in [0.5, 0.6) is 0 Å². The highest BCUT2D eigenvalue weighted by Gasteiger charge is 2.19. The Bertz CT molecular complexity index is 882. The van der Waals surface area contributed by atoms with Gasteiger partial charge in [-0.25, -0.2) is 19.0 Å². The number of carbonyl (C=O) groups is 1. The van der Waals surface area contributed by atoms with Crippen molar-refractivity contribution in [3.05, 3.63) is 71.7 Å². The largest absolute Gasteiger partial charge is 0.369 e. The molecule has 2 aromatic heterocycles. The van der Waals surface area contributed by atoms with Crippen molar-refractivity contribution < 1.29 is 9.18 Å². The number of aromatic nitrogens is 4. The first-order valence-corrected chi connectivity index (χ1v) is 8.93. The van der Waals surface area contributed by atoms with E-state index in [1.54, 1.807) is 34.8 Å². The van der Waals surface area contributed by atoms with E-state index in [9.17, 15) is 9.18 Å². The molecule has 2 N–H and O–H groups in total. The molecule has 1 aromatic carbocycles. The molecule has 1 atom stereocenters. The third kappa shape index (κ3) is 4.66. The smallest absolute Gasteiger partial charge is 0.225 e. The normalized spacial score (nSPS) is 12.1. The number of hydrogen-bond donors (Lipinski definition) is 1. The van der Waals surface area contributed by atoms with E-state index in [0.29, 0.717) is 18.2 Å². The average Bonchev–Trinajstić information content (AvgIpc) is 2.99. The number of primary amides is 1. The van der Waals surface area contributed by atoms with Crippen molar-refractivity contribution in [3.8, 4) is 0 Å². The Morgan fingerprint density at radius 1 is 1.27 bits per heavy atom. The fourth-order valence-electron chi connectivity index (χ4n) is 2.46. The Morgan fingerprint density at radius 3 is 2.69 bits per heavy atom. The van der Waals surface area contributed by atoms with Crippen molar-refractivity contribution in [2.75, 3.05) is 0 Å². The molecule has 1 amide bonds. The van der Waals surface area contributed by atoms with Crippen molar-refractivity contribution in [2.45, 2.75) is 30.2 Å². The molecule has 0 saturated carbocycles. The van der Waals surface area contributed by atoms with E-state index in [1.165, 1.54) is 12.1 Å². The van der Waals surface area contributed by atoms with Crippen LogP contribution in [0.3, 0.4) is 0 Å². The van der Waals surface area contributed by atoms with Crippen LogP contribution in [-0.2, 0) is 17.8 Å². The van der Waals surface area contributed by atoms with Gasteiger partial charge >= 0.3 is 0 Å². The first-order chi connectivity index (χ1) is 12.5. The molecule has 2 heterocycles. The summed E-state index contributed by atoms with van der Waals surface area (Å²) in [7, 11) is 0. The number of benzene rings is 1. The predicted molar refractivity (Wildman–Crippen MR) is 96.9 cm³/mol. The molecule has 0 fully saturated rings. The first-order valence-electron chi connectivity index (χ1n) is 8.05. The van der Waals surface area contributed by atoms with Crippen LogP contribution in [0.1, 0.15) is 29.4 Å².